The summed E-state index contributed by atoms with van der Waals surface area (Å²) in [6, 6.07) is 7.10. The Morgan fingerprint density at radius 3 is 2.82 bits per heavy atom. The van der Waals surface area contributed by atoms with Crippen molar-refractivity contribution in [2.45, 2.75) is 17.7 Å². The van der Waals surface area contributed by atoms with Crippen molar-refractivity contribution in [2.75, 3.05) is 0 Å². The standard InChI is InChI=1S/C14H13N3O2S3/c1-10-12(9-16-22(18,19)13-5-3-7-20-13)21-14(17-10)11-4-2-6-15-8-11/h2-8,16H,9H2,1H3. The smallest absolute Gasteiger partial charge is 0.250 e. The van der Waals surface area contributed by atoms with E-state index in [0.717, 1.165) is 21.1 Å². The van der Waals surface area contributed by atoms with Gasteiger partial charge in [0.15, 0.2) is 0 Å². The number of aryl methyl sites for hydroxylation is 1. The number of nitrogens with one attached hydrogen (secondary N) is 1. The number of aromatic nitrogens is 2. The van der Waals surface area contributed by atoms with E-state index in [4.69, 9.17) is 0 Å². The lowest BCUT2D eigenvalue weighted by Gasteiger charge is -2.03. The number of nitrogens with zero attached hydrogens (tertiary/aromatic N) is 2. The molecule has 3 aromatic heterocycles. The molecule has 0 aromatic carbocycles. The van der Waals surface area contributed by atoms with Crippen LogP contribution in [0, 0.1) is 6.92 Å². The first-order chi connectivity index (χ1) is 10.6. The molecule has 0 spiro atoms. The van der Waals surface area contributed by atoms with Gasteiger partial charge in [0.05, 0.1) is 5.69 Å². The van der Waals surface area contributed by atoms with Gasteiger partial charge in [-0.1, -0.05) is 6.07 Å². The van der Waals surface area contributed by atoms with Gasteiger partial charge in [-0.3, -0.25) is 4.98 Å². The maximum absolute atomic E-state index is 12.1. The SMILES string of the molecule is Cc1nc(-c2cccnc2)sc1CNS(=O)(=O)c1cccs1. The third-order valence-corrected chi connectivity index (χ3v) is 6.99. The Kier molecular flexibility index (Phi) is 4.34. The second kappa shape index (κ2) is 6.25. The molecule has 0 unspecified atom stereocenters. The number of hydrogen-bond donors (Lipinski definition) is 1. The Bertz CT molecular complexity index is 856. The summed E-state index contributed by atoms with van der Waals surface area (Å²) in [4.78, 5) is 9.47. The van der Waals surface area contributed by atoms with Gasteiger partial charge >= 0.3 is 0 Å². The molecule has 114 valence electrons. The second-order valence-electron chi connectivity index (χ2n) is 4.53. The van der Waals surface area contributed by atoms with Crippen LogP contribution in [0.4, 0.5) is 0 Å². The molecule has 3 heterocycles. The van der Waals surface area contributed by atoms with Crippen molar-refractivity contribution in [1.29, 1.82) is 0 Å². The van der Waals surface area contributed by atoms with Gasteiger partial charge in [-0.25, -0.2) is 18.1 Å². The molecule has 1 N–H and O–H groups in total. The van der Waals surface area contributed by atoms with Gasteiger partial charge in [0.25, 0.3) is 0 Å². The Labute approximate surface area is 136 Å². The topological polar surface area (TPSA) is 72.0 Å². The molecule has 0 bridgehead atoms. The van der Waals surface area contributed by atoms with Crippen LogP contribution in [-0.2, 0) is 16.6 Å². The van der Waals surface area contributed by atoms with Crippen LogP contribution < -0.4 is 4.72 Å². The number of rotatable bonds is 5. The van der Waals surface area contributed by atoms with E-state index in [2.05, 4.69) is 14.7 Å². The Hall–Kier alpha value is -1.61. The van der Waals surface area contributed by atoms with Crippen LogP contribution in [0.15, 0.2) is 46.2 Å². The van der Waals surface area contributed by atoms with Crippen molar-refractivity contribution >= 4 is 32.7 Å². The van der Waals surface area contributed by atoms with Crippen LogP contribution in [0.1, 0.15) is 10.6 Å². The van der Waals surface area contributed by atoms with Crippen molar-refractivity contribution in [1.82, 2.24) is 14.7 Å². The summed E-state index contributed by atoms with van der Waals surface area (Å²) in [6.45, 7) is 2.12. The van der Waals surface area contributed by atoms with Crippen molar-refractivity contribution in [3.63, 3.8) is 0 Å². The van der Waals surface area contributed by atoms with E-state index in [9.17, 15) is 8.42 Å². The fourth-order valence-corrected chi connectivity index (χ4v) is 4.97. The highest BCUT2D eigenvalue weighted by molar-refractivity contribution is 7.91. The molecule has 5 nitrogen and oxygen atoms in total. The van der Waals surface area contributed by atoms with E-state index in [0.29, 0.717) is 4.21 Å². The van der Waals surface area contributed by atoms with Crippen LogP contribution in [0.25, 0.3) is 10.6 Å². The molecule has 3 rings (SSSR count). The van der Waals surface area contributed by atoms with Crippen molar-refractivity contribution in [2.24, 2.45) is 0 Å². The van der Waals surface area contributed by atoms with Crippen LogP contribution in [0.3, 0.4) is 0 Å². The summed E-state index contributed by atoms with van der Waals surface area (Å²) in [5.74, 6) is 0. The van der Waals surface area contributed by atoms with Crippen molar-refractivity contribution < 1.29 is 8.42 Å². The molecule has 8 heteroatoms. The number of hydrogen-bond acceptors (Lipinski definition) is 6. The quantitative estimate of drug-likeness (QED) is 0.767. The van der Waals surface area contributed by atoms with Gasteiger partial charge in [0.1, 0.15) is 9.22 Å². The zero-order valence-electron chi connectivity index (χ0n) is 11.7. The minimum Gasteiger partial charge on any atom is -0.264 e. The molecule has 0 saturated carbocycles. The molecule has 0 fully saturated rings. The summed E-state index contributed by atoms with van der Waals surface area (Å²) >= 11 is 2.68. The van der Waals surface area contributed by atoms with E-state index < -0.39 is 10.0 Å². The van der Waals surface area contributed by atoms with E-state index in [1.807, 2.05) is 19.1 Å². The van der Waals surface area contributed by atoms with Gasteiger partial charge in [-0.2, -0.15) is 0 Å². The first-order valence-electron chi connectivity index (χ1n) is 6.46. The molecule has 0 amide bonds. The van der Waals surface area contributed by atoms with Crippen LogP contribution >= 0.6 is 22.7 Å². The summed E-state index contributed by atoms with van der Waals surface area (Å²) in [7, 11) is -3.45. The number of pyridine rings is 1. The fourth-order valence-electron chi connectivity index (χ4n) is 1.85. The maximum Gasteiger partial charge on any atom is 0.250 e. The molecule has 0 aliphatic carbocycles. The average molecular weight is 351 g/mol. The lowest BCUT2D eigenvalue weighted by atomic mass is 10.3. The minimum absolute atomic E-state index is 0.240. The molecule has 0 aliphatic heterocycles. The average Bonchev–Trinajstić information content (AvgIpc) is 3.16. The predicted molar refractivity (Wildman–Crippen MR) is 88.4 cm³/mol. The highest BCUT2D eigenvalue weighted by atomic mass is 32.2. The summed E-state index contributed by atoms with van der Waals surface area (Å²) in [6.07, 6.45) is 3.46. The largest absolute Gasteiger partial charge is 0.264 e. The Morgan fingerprint density at radius 2 is 2.14 bits per heavy atom. The summed E-state index contributed by atoms with van der Waals surface area (Å²) in [5.41, 5.74) is 1.76. The van der Waals surface area contributed by atoms with E-state index in [1.54, 1.807) is 29.9 Å². The Morgan fingerprint density at radius 1 is 1.27 bits per heavy atom. The normalized spacial score (nSPS) is 11.7. The first-order valence-corrected chi connectivity index (χ1v) is 9.64. The van der Waals surface area contributed by atoms with Crippen LogP contribution in [0.5, 0.6) is 0 Å². The number of thiazole rings is 1. The number of thiophene rings is 1. The number of sulfonamides is 1. The van der Waals surface area contributed by atoms with Crippen molar-refractivity contribution in [3.05, 3.63) is 52.6 Å². The Balaban J connectivity index is 1.78. The lowest BCUT2D eigenvalue weighted by Crippen LogP contribution is -2.22. The molecular formula is C14H13N3O2S3. The second-order valence-corrected chi connectivity index (χ2v) is 8.55. The third kappa shape index (κ3) is 3.25. The van der Waals surface area contributed by atoms with Gasteiger partial charge in [0, 0.05) is 29.4 Å². The van der Waals surface area contributed by atoms with E-state index in [-0.39, 0.29) is 6.54 Å². The molecule has 0 atom stereocenters. The fraction of sp³-hybridized carbons (Fsp3) is 0.143. The predicted octanol–water partition coefficient (Wildman–Crippen LogP) is 3.05. The zero-order chi connectivity index (χ0) is 15.6. The van der Waals surface area contributed by atoms with Gasteiger partial charge in [0.2, 0.25) is 10.0 Å². The third-order valence-electron chi connectivity index (χ3n) is 2.98. The highest BCUT2D eigenvalue weighted by Crippen LogP contribution is 2.27. The molecular weight excluding hydrogens is 338 g/mol. The van der Waals surface area contributed by atoms with E-state index in [1.165, 1.54) is 22.7 Å². The molecule has 22 heavy (non-hydrogen) atoms. The molecule has 0 saturated heterocycles. The summed E-state index contributed by atoms with van der Waals surface area (Å²) < 4.78 is 27.2. The van der Waals surface area contributed by atoms with E-state index >= 15 is 0 Å². The monoisotopic (exact) mass is 351 g/mol. The summed E-state index contributed by atoms with van der Waals surface area (Å²) in [5, 5.41) is 2.59. The van der Waals surface area contributed by atoms with Gasteiger partial charge < -0.3 is 0 Å². The van der Waals surface area contributed by atoms with Gasteiger partial charge in [-0.05, 0) is 30.5 Å². The first kappa shape index (κ1) is 15.3. The minimum atomic E-state index is -3.45. The maximum atomic E-state index is 12.1. The zero-order valence-corrected chi connectivity index (χ0v) is 14.1. The molecule has 3 aromatic rings. The van der Waals surface area contributed by atoms with Crippen LogP contribution in [0.2, 0.25) is 0 Å². The van der Waals surface area contributed by atoms with Gasteiger partial charge in [-0.15, -0.1) is 22.7 Å². The molecule has 0 radical (unpaired) electrons. The van der Waals surface area contributed by atoms with Crippen molar-refractivity contribution in [3.8, 4) is 10.6 Å². The van der Waals surface area contributed by atoms with Crippen LogP contribution in [-0.4, -0.2) is 18.4 Å². The lowest BCUT2D eigenvalue weighted by molar-refractivity contribution is 0.584. The molecule has 0 aliphatic rings. The highest BCUT2D eigenvalue weighted by Gasteiger charge is 2.17.